The third-order valence-electron chi connectivity index (χ3n) is 2.32. The topological polar surface area (TPSA) is 27.7 Å². The second kappa shape index (κ2) is 11.9. The van der Waals surface area contributed by atoms with Crippen LogP contribution in [0.5, 0.6) is 0 Å². The zero-order valence-corrected chi connectivity index (χ0v) is 14.6. The Bertz CT molecular complexity index is 143. The van der Waals surface area contributed by atoms with Gasteiger partial charge in [0.1, 0.15) is 0 Å². The molecule has 17 heavy (non-hydrogen) atoms. The fourth-order valence-electron chi connectivity index (χ4n) is 1.14. The molecule has 3 nitrogen and oxygen atoms in total. The predicted octanol–water partition coefficient (Wildman–Crippen LogP) is 4.31. The van der Waals surface area contributed by atoms with Gasteiger partial charge in [0.25, 0.3) is 0 Å². The van der Waals surface area contributed by atoms with Crippen molar-refractivity contribution in [3.05, 3.63) is 0 Å². The monoisotopic (exact) mass is 374 g/mol. The van der Waals surface area contributed by atoms with Gasteiger partial charge >= 0.3 is 6.30 Å². The second-order valence-electron chi connectivity index (χ2n) is 4.09. The highest BCUT2D eigenvalue weighted by Gasteiger charge is 2.37. The first-order chi connectivity index (χ1) is 8.18. The molecule has 0 aliphatic heterocycles. The number of hydrogen-bond acceptors (Lipinski definition) is 3. The minimum absolute atomic E-state index is 0.754. The van der Waals surface area contributed by atoms with E-state index in [0.29, 0.717) is 0 Å². The highest BCUT2D eigenvalue weighted by molar-refractivity contribution is 14.1. The van der Waals surface area contributed by atoms with Crippen molar-refractivity contribution in [2.75, 3.05) is 19.8 Å². The third kappa shape index (κ3) is 10.4. The van der Waals surface area contributed by atoms with Crippen molar-refractivity contribution in [1.82, 2.24) is 0 Å². The number of rotatable bonds is 12. The summed E-state index contributed by atoms with van der Waals surface area (Å²) < 4.78 is 17.5. The molecule has 0 aliphatic carbocycles. The largest absolute Gasteiger partial charge is 0.572 e. The third-order valence-corrected chi connectivity index (χ3v) is 6.77. The second-order valence-corrected chi connectivity index (χ2v) is 9.88. The van der Waals surface area contributed by atoms with Crippen LogP contribution in [-0.2, 0) is 13.3 Å². The summed E-state index contributed by atoms with van der Waals surface area (Å²) >= 11 is 2.27. The van der Waals surface area contributed by atoms with E-state index >= 15 is 0 Å². The van der Waals surface area contributed by atoms with E-state index in [-0.39, 0.29) is 0 Å². The summed E-state index contributed by atoms with van der Waals surface area (Å²) in [6, 6.07) is 0. The molecule has 0 spiro atoms. The smallest absolute Gasteiger partial charge is 0.366 e. The molecule has 104 valence electrons. The molecule has 0 saturated carbocycles. The number of halogens is 1. The van der Waals surface area contributed by atoms with E-state index < -0.39 is 6.30 Å². The standard InChI is InChI=1S/C12H27IO3Si/c1-4-7-10-14-17(13,15-11-8-5-2)16-12-9-6-3/h4-12H2,1-3H3. The maximum absolute atomic E-state index is 5.84. The summed E-state index contributed by atoms with van der Waals surface area (Å²) in [4.78, 5) is 0. The zero-order valence-electron chi connectivity index (χ0n) is 11.5. The Morgan fingerprint density at radius 3 is 1.24 bits per heavy atom. The predicted molar refractivity (Wildman–Crippen MR) is 82.4 cm³/mol. The van der Waals surface area contributed by atoms with E-state index in [2.05, 4.69) is 42.6 Å². The minimum Gasteiger partial charge on any atom is -0.366 e. The summed E-state index contributed by atoms with van der Waals surface area (Å²) in [6.45, 7) is 8.75. The van der Waals surface area contributed by atoms with E-state index in [1.165, 1.54) is 0 Å². The van der Waals surface area contributed by atoms with Crippen LogP contribution in [0.4, 0.5) is 0 Å². The Morgan fingerprint density at radius 2 is 1.00 bits per heavy atom. The van der Waals surface area contributed by atoms with Crippen LogP contribution in [0.25, 0.3) is 0 Å². The molecule has 0 amide bonds. The molecule has 0 heterocycles. The van der Waals surface area contributed by atoms with Gasteiger partial charge in [0.2, 0.25) is 0 Å². The molecule has 0 saturated heterocycles. The van der Waals surface area contributed by atoms with Gasteiger partial charge in [-0.15, -0.1) is 0 Å². The Balaban J connectivity index is 3.95. The molecular weight excluding hydrogens is 347 g/mol. The van der Waals surface area contributed by atoms with E-state index in [1.54, 1.807) is 0 Å². The van der Waals surface area contributed by atoms with Crippen LogP contribution in [0, 0.1) is 0 Å². The molecule has 5 heteroatoms. The van der Waals surface area contributed by atoms with Gasteiger partial charge in [-0.05, 0) is 41.1 Å². The van der Waals surface area contributed by atoms with Crippen LogP contribution in [0.3, 0.4) is 0 Å². The van der Waals surface area contributed by atoms with Crippen LogP contribution < -0.4 is 0 Å². The summed E-state index contributed by atoms with van der Waals surface area (Å²) in [5.41, 5.74) is 0. The molecular formula is C12H27IO3Si. The first-order valence-electron chi connectivity index (χ1n) is 6.79. The van der Waals surface area contributed by atoms with Gasteiger partial charge in [-0.3, -0.25) is 0 Å². The summed E-state index contributed by atoms with van der Waals surface area (Å²) in [7, 11) is 0. The fraction of sp³-hybridized carbons (Fsp3) is 1.00. The van der Waals surface area contributed by atoms with Crippen molar-refractivity contribution >= 4 is 28.1 Å². The van der Waals surface area contributed by atoms with Crippen molar-refractivity contribution in [3.63, 3.8) is 0 Å². The van der Waals surface area contributed by atoms with Gasteiger partial charge in [0.15, 0.2) is 0 Å². The lowest BCUT2D eigenvalue weighted by atomic mass is 10.4. The summed E-state index contributed by atoms with van der Waals surface area (Å²) in [5.74, 6) is 0. The van der Waals surface area contributed by atoms with Crippen molar-refractivity contribution in [1.29, 1.82) is 0 Å². The molecule has 0 aromatic carbocycles. The van der Waals surface area contributed by atoms with Gasteiger partial charge in [0, 0.05) is 19.8 Å². The van der Waals surface area contributed by atoms with E-state index in [1.807, 2.05) is 0 Å². The number of unbranched alkanes of at least 4 members (excludes halogenated alkanes) is 3. The van der Waals surface area contributed by atoms with Crippen molar-refractivity contribution in [3.8, 4) is 0 Å². The Hall–Kier alpha value is 0.827. The normalized spacial score (nSPS) is 12.0. The average Bonchev–Trinajstić information content (AvgIpc) is 2.30. The fourth-order valence-corrected chi connectivity index (χ4v) is 4.54. The molecule has 0 fully saturated rings. The van der Waals surface area contributed by atoms with Crippen molar-refractivity contribution < 1.29 is 13.3 Å². The molecule has 0 aromatic rings. The number of hydrogen-bond donors (Lipinski definition) is 0. The molecule has 0 atom stereocenters. The van der Waals surface area contributed by atoms with Crippen LogP contribution >= 0.6 is 21.8 Å². The van der Waals surface area contributed by atoms with Gasteiger partial charge in [-0.1, -0.05) is 40.0 Å². The molecule has 0 aromatic heterocycles. The first kappa shape index (κ1) is 17.8. The average molecular weight is 374 g/mol. The molecule has 0 aliphatic rings. The molecule has 0 unspecified atom stereocenters. The van der Waals surface area contributed by atoms with Crippen LogP contribution in [0.15, 0.2) is 0 Å². The summed E-state index contributed by atoms with van der Waals surface area (Å²) in [5, 5.41) is 0. The lowest BCUT2D eigenvalue weighted by molar-refractivity contribution is 0.0850. The SMILES string of the molecule is CCCCO[Si](I)(OCCCC)OCCCC. The molecule has 0 rings (SSSR count). The van der Waals surface area contributed by atoms with Crippen LogP contribution in [0.2, 0.25) is 0 Å². The zero-order chi connectivity index (χ0) is 13.0. The lowest BCUT2D eigenvalue weighted by Crippen LogP contribution is -2.40. The Labute approximate surface area is 120 Å². The van der Waals surface area contributed by atoms with Crippen molar-refractivity contribution in [2.45, 2.75) is 59.3 Å². The Morgan fingerprint density at radius 1 is 0.706 bits per heavy atom. The van der Waals surface area contributed by atoms with Crippen molar-refractivity contribution in [2.24, 2.45) is 0 Å². The van der Waals surface area contributed by atoms with E-state index in [4.69, 9.17) is 13.3 Å². The van der Waals surface area contributed by atoms with Crippen LogP contribution in [0.1, 0.15) is 59.3 Å². The molecule has 0 bridgehead atoms. The molecule has 0 radical (unpaired) electrons. The van der Waals surface area contributed by atoms with Gasteiger partial charge in [-0.25, -0.2) is 0 Å². The van der Waals surface area contributed by atoms with E-state index in [0.717, 1.165) is 58.3 Å². The molecule has 0 N–H and O–H groups in total. The van der Waals surface area contributed by atoms with Gasteiger partial charge in [0.05, 0.1) is 0 Å². The maximum atomic E-state index is 5.84. The first-order valence-corrected chi connectivity index (χ1v) is 11.6. The summed E-state index contributed by atoms with van der Waals surface area (Å²) in [6.07, 6.45) is 4.27. The quantitative estimate of drug-likeness (QED) is 0.221. The van der Waals surface area contributed by atoms with Crippen LogP contribution in [-0.4, -0.2) is 26.1 Å². The van der Waals surface area contributed by atoms with Gasteiger partial charge in [-0.2, -0.15) is 0 Å². The minimum atomic E-state index is -2.39. The highest BCUT2D eigenvalue weighted by Crippen LogP contribution is 2.20. The maximum Gasteiger partial charge on any atom is 0.572 e. The highest BCUT2D eigenvalue weighted by atomic mass is 127. The lowest BCUT2D eigenvalue weighted by Gasteiger charge is -2.24. The van der Waals surface area contributed by atoms with Gasteiger partial charge < -0.3 is 13.3 Å². The Kier molecular flexibility index (Phi) is 12.5. The van der Waals surface area contributed by atoms with E-state index in [9.17, 15) is 0 Å².